The molecule has 0 aliphatic heterocycles. The van der Waals surface area contributed by atoms with Gasteiger partial charge in [0.25, 0.3) is 0 Å². The second-order valence-corrected chi connectivity index (χ2v) is 15.5. The van der Waals surface area contributed by atoms with Gasteiger partial charge in [-0.25, -0.2) is 0 Å². The van der Waals surface area contributed by atoms with E-state index in [4.69, 9.17) is 10.0 Å². The van der Waals surface area contributed by atoms with E-state index in [0.717, 1.165) is 0 Å². The van der Waals surface area contributed by atoms with Crippen LogP contribution >= 0.6 is 10.0 Å². The summed E-state index contributed by atoms with van der Waals surface area (Å²) < 4.78 is 0. The molecule has 0 amide bonds. The summed E-state index contributed by atoms with van der Waals surface area (Å²) in [6.07, 6.45) is 4.33. The van der Waals surface area contributed by atoms with E-state index in [1.165, 1.54) is 15.8 Å². The zero-order valence-corrected chi connectivity index (χ0v) is 10.0. The van der Waals surface area contributed by atoms with E-state index in [1.807, 2.05) is 0 Å². The standard InChI is InChI=1S/C8H17ClGe/c1-4-7-8-10(9,5-2)6-3/h4,7H,5-6,8H2,1-3H3/b7-4+. The molecule has 0 heterocycles. The molecule has 0 saturated heterocycles. The maximum absolute atomic E-state index is 6.42. The van der Waals surface area contributed by atoms with Gasteiger partial charge < -0.3 is 0 Å². The molecule has 0 aliphatic rings. The van der Waals surface area contributed by atoms with Crippen LogP contribution in [0.15, 0.2) is 12.2 Å². The molecular weight excluding hydrogens is 204 g/mol. The summed E-state index contributed by atoms with van der Waals surface area (Å²) in [4.78, 5) is 0. The van der Waals surface area contributed by atoms with E-state index in [2.05, 4.69) is 32.9 Å². The molecule has 60 valence electrons. The fraction of sp³-hybridized carbons (Fsp3) is 0.750. The van der Waals surface area contributed by atoms with Crippen molar-refractivity contribution < 1.29 is 0 Å². The topological polar surface area (TPSA) is 0 Å². The molecule has 10 heavy (non-hydrogen) atoms. The number of rotatable bonds is 4. The van der Waals surface area contributed by atoms with Crippen molar-refractivity contribution in [3.05, 3.63) is 12.2 Å². The van der Waals surface area contributed by atoms with Crippen molar-refractivity contribution in [3.8, 4) is 0 Å². The Bertz CT molecular complexity index is 106. The first-order valence-electron chi connectivity index (χ1n) is 3.98. The molecular formula is C8H17ClGe. The van der Waals surface area contributed by atoms with Crippen LogP contribution in [0.4, 0.5) is 0 Å². The summed E-state index contributed by atoms with van der Waals surface area (Å²) in [7, 11) is 6.42. The molecule has 0 rings (SSSR count). The Morgan fingerprint density at radius 3 is 2.10 bits per heavy atom. The summed E-state index contributed by atoms with van der Waals surface area (Å²) in [5, 5.41) is 3.66. The van der Waals surface area contributed by atoms with Gasteiger partial charge in [-0.15, -0.1) is 0 Å². The Morgan fingerprint density at radius 1 is 1.30 bits per heavy atom. The molecule has 0 aromatic heterocycles. The fourth-order valence-corrected chi connectivity index (χ4v) is 4.97. The average Bonchev–Trinajstić information content (AvgIpc) is 2.00. The van der Waals surface area contributed by atoms with Gasteiger partial charge in [0.1, 0.15) is 0 Å². The van der Waals surface area contributed by atoms with E-state index < -0.39 is 12.3 Å². The third-order valence-electron chi connectivity index (χ3n) is 1.99. The molecule has 0 aliphatic carbocycles. The van der Waals surface area contributed by atoms with Gasteiger partial charge in [-0.2, -0.15) is 0 Å². The Hall–Kier alpha value is 0.573. The predicted octanol–water partition coefficient (Wildman–Crippen LogP) is 3.79. The Morgan fingerprint density at radius 2 is 1.80 bits per heavy atom. The third-order valence-corrected chi connectivity index (χ3v) is 12.9. The predicted molar refractivity (Wildman–Crippen MR) is 52.2 cm³/mol. The van der Waals surface area contributed by atoms with Gasteiger partial charge >= 0.3 is 71.0 Å². The Labute approximate surface area is 71.2 Å². The van der Waals surface area contributed by atoms with Crippen molar-refractivity contribution in [3.63, 3.8) is 0 Å². The number of hydrogen-bond acceptors (Lipinski definition) is 0. The van der Waals surface area contributed by atoms with Gasteiger partial charge in [-0.3, -0.25) is 0 Å². The van der Waals surface area contributed by atoms with Crippen LogP contribution in [0.5, 0.6) is 0 Å². The molecule has 0 nitrogen and oxygen atoms in total. The Kier molecular flexibility index (Phi) is 5.55. The zero-order valence-electron chi connectivity index (χ0n) is 7.15. The summed E-state index contributed by atoms with van der Waals surface area (Å²) in [6.45, 7) is 6.50. The van der Waals surface area contributed by atoms with Gasteiger partial charge in [0.15, 0.2) is 0 Å². The van der Waals surface area contributed by atoms with Crippen molar-refractivity contribution >= 4 is 22.3 Å². The minimum atomic E-state index is -1.81. The molecule has 0 fully saturated rings. The number of halogens is 1. The second kappa shape index (κ2) is 5.25. The van der Waals surface area contributed by atoms with Crippen LogP contribution < -0.4 is 0 Å². The first-order valence-corrected chi connectivity index (χ1v) is 11.2. The van der Waals surface area contributed by atoms with Crippen molar-refractivity contribution in [1.29, 1.82) is 0 Å². The minimum absolute atomic E-state index is 1.19. The van der Waals surface area contributed by atoms with Crippen LogP contribution in [-0.4, -0.2) is 12.3 Å². The van der Waals surface area contributed by atoms with Crippen LogP contribution in [-0.2, 0) is 0 Å². The van der Waals surface area contributed by atoms with E-state index >= 15 is 0 Å². The molecule has 0 aromatic carbocycles. The molecule has 0 atom stereocenters. The third kappa shape index (κ3) is 3.67. The van der Waals surface area contributed by atoms with Crippen molar-refractivity contribution in [2.45, 2.75) is 36.5 Å². The normalized spacial score (nSPS) is 12.8. The first-order chi connectivity index (χ1) is 4.68. The van der Waals surface area contributed by atoms with Crippen LogP contribution in [0.3, 0.4) is 0 Å². The number of allylic oxidation sites excluding steroid dienone is 2. The van der Waals surface area contributed by atoms with Gasteiger partial charge in [0.2, 0.25) is 0 Å². The van der Waals surface area contributed by atoms with Gasteiger partial charge in [-0.1, -0.05) is 0 Å². The molecule has 0 spiro atoms. The van der Waals surface area contributed by atoms with E-state index in [0.29, 0.717) is 0 Å². The molecule has 0 saturated carbocycles. The molecule has 0 unspecified atom stereocenters. The van der Waals surface area contributed by atoms with Crippen LogP contribution in [0.2, 0.25) is 15.8 Å². The molecule has 0 radical (unpaired) electrons. The summed E-state index contributed by atoms with van der Waals surface area (Å²) in [6, 6.07) is 0. The van der Waals surface area contributed by atoms with Gasteiger partial charge in [0.05, 0.1) is 0 Å². The van der Waals surface area contributed by atoms with Crippen LogP contribution in [0.1, 0.15) is 20.8 Å². The van der Waals surface area contributed by atoms with Crippen molar-refractivity contribution in [1.82, 2.24) is 0 Å². The monoisotopic (exact) mass is 222 g/mol. The Balaban J connectivity index is 3.80. The quantitative estimate of drug-likeness (QED) is 0.500. The van der Waals surface area contributed by atoms with Gasteiger partial charge in [-0.05, 0) is 0 Å². The SMILES string of the molecule is C/C=C/[CH2][Ge]([Cl])([CH2]C)[CH2]C. The van der Waals surface area contributed by atoms with Crippen molar-refractivity contribution in [2.75, 3.05) is 0 Å². The average molecular weight is 221 g/mol. The van der Waals surface area contributed by atoms with E-state index in [1.54, 1.807) is 0 Å². The summed E-state index contributed by atoms with van der Waals surface area (Å²) in [5.41, 5.74) is 0. The molecule has 0 N–H and O–H groups in total. The fourth-order valence-electron chi connectivity index (χ4n) is 0.868. The molecule has 0 bridgehead atoms. The summed E-state index contributed by atoms with van der Waals surface area (Å²) >= 11 is -1.81. The zero-order chi connectivity index (χ0) is 8.04. The molecule has 2 heteroatoms. The van der Waals surface area contributed by atoms with Crippen LogP contribution in [0.25, 0.3) is 0 Å². The van der Waals surface area contributed by atoms with Crippen molar-refractivity contribution in [2.24, 2.45) is 0 Å². The van der Waals surface area contributed by atoms with E-state index in [9.17, 15) is 0 Å². The van der Waals surface area contributed by atoms with E-state index in [-0.39, 0.29) is 0 Å². The summed E-state index contributed by atoms with van der Waals surface area (Å²) in [5.74, 6) is 0. The second-order valence-electron chi connectivity index (χ2n) is 2.63. The first kappa shape index (κ1) is 10.6. The maximum atomic E-state index is 6.42. The molecule has 0 aromatic rings. The van der Waals surface area contributed by atoms with Gasteiger partial charge in [0, 0.05) is 0 Å². The van der Waals surface area contributed by atoms with Crippen LogP contribution in [0, 0.1) is 0 Å². The number of hydrogen-bond donors (Lipinski definition) is 0.